The molecule has 0 unspecified atom stereocenters. The molecule has 4 heteroatoms. The van der Waals surface area contributed by atoms with Crippen LogP contribution in [-0.4, -0.2) is 10.9 Å². The predicted octanol–water partition coefficient (Wildman–Crippen LogP) is 5.45. The van der Waals surface area contributed by atoms with E-state index in [1.807, 2.05) is 54.8 Å². The van der Waals surface area contributed by atoms with Gasteiger partial charge in [0.2, 0.25) is 5.91 Å². The van der Waals surface area contributed by atoms with Gasteiger partial charge < -0.3 is 5.32 Å². The molecule has 1 heterocycles. The van der Waals surface area contributed by atoms with Crippen LogP contribution in [0.5, 0.6) is 0 Å². The van der Waals surface area contributed by atoms with E-state index in [0.29, 0.717) is 0 Å². The summed E-state index contributed by atoms with van der Waals surface area (Å²) >= 11 is 1.52. The summed E-state index contributed by atoms with van der Waals surface area (Å²) in [4.78, 5) is 17.0. The first-order valence-electron chi connectivity index (χ1n) is 8.48. The van der Waals surface area contributed by atoms with E-state index >= 15 is 0 Å². The van der Waals surface area contributed by atoms with E-state index in [1.54, 1.807) is 0 Å². The lowest BCUT2D eigenvalue weighted by Gasteiger charge is -2.05. The third-order valence-electron chi connectivity index (χ3n) is 4.23. The first-order chi connectivity index (χ1) is 12.7. The Hall–Kier alpha value is -2.98. The summed E-state index contributed by atoms with van der Waals surface area (Å²) in [6, 6.07) is 22.3. The molecule has 0 fully saturated rings. The number of aryl methyl sites for hydroxylation is 1. The quantitative estimate of drug-likeness (QED) is 0.527. The number of amides is 1. The second-order valence-corrected chi connectivity index (χ2v) is 7.19. The molecule has 0 saturated carbocycles. The first kappa shape index (κ1) is 16.5. The third-order valence-corrected chi connectivity index (χ3v) is 5.08. The number of hydrogen-bond donors (Lipinski definition) is 1. The van der Waals surface area contributed by atoms with Crippen LogP contribution in [0, 0.1) is 6.92 Å². The van der Waals surface area contributed by atoms with Gasteiger partial charge in [0.25, 0.3) is 0 Å². The molecule has 0 aliphatic heterocycles. The van der Waals surface area contributed by atoms with E-state index in [4.69, 9.17) is 0 Å². The highest BCUT2D eigenvalue weighted by atomic mass is 32.1. The number of carbonyl (C=O) groups is 1. The van der Waals surface area contributed by atoms with Crippen LogP contribution in [0.25, 0.3) is 22.0 Å². The highest BCUT2D eigenvalue weighted by Gasteiger charge is 2.11. The van der Waals surface area contributed by atoms with E-state index in [-0.39, 0.29) is 12.3 Å². The van der Waals surface area contributed by atoms with Gasteiger partial charge in [-0.25, -0.2) is 4.98 Å². The fraction of sp³-hybridized carbons (Fsp3) is 0.0909. The molecule has 3 nitrogen and oxygen atoms in total. The molecule has 1 N–H and O–H groups in total. The van der Waals surface area contributed by atoms with Crippen LogP contribution in [0.4, 0.5) is 5.69 Å². The molecule has 0 aliphatic rings. The van der Waals surface area contributed by atoms with Crippen LogP contribution in [0.3, 0.4) is 0 Å². The van der Waals surface area contributed by atoms with Gasteiger partial charge in [0.05, 0.1) is 12.1 Å². The smallest absolute Gasteiger partial charge is 0.231 e. The van der Waals surface area contributed by atoms with E-state index in [2.05, 4.69) is 34.6 Å². The number of thiazole rings is 1. The van der Waals surface area contributed by atoms with Gasteiger partial charge in [-0.15, -0.1) is 11.3 Å². The van der Waals surface area contributed by atoms with Crippen LogP contribution in [0.2, 0.25) is 0 Å². The number of fused-ring (bicyclic) bond motifs is 1. The SMILES string of the molecule is Cc1cccc(NC(=O)Cc2nc(-c3cccc4ccccc34)cs2)c1. The minimum Gasteiger partial charge on any atom is -0.326 e. The second kappa shape index (κ2) is 7.10. The van der Waals surface area contributed by atoms with E-state index in [9.17, 15) is 4.79 Å². The summed E-state index contributed by atoms with van der Waals surface area (Å²) in [7, 11) is 0. The zero-order chi connectivity index (χ0) is 17.9. The average Bonchev–Trinajstić information content (AvgIpc) is 3.09. The Morgan fingerprint density at radius 3 is 2.73 bits per heavy atom. The summed E-state index contributed by atoms with van der Waals surface area (Å²) in [5, 5.41) is 8.15. The Bertz CT molecular complexity index is 1080. The molecule has 128 valence electrons. The van der Waals surface area contributed by atoms with Crippen molar-refractivity contribution in [1.29, 1.82) is 0 Å². The van der Waals surface area contributed by atoms with Crippen molar-refractivity contribution in [2.24, 2.45) is 0 Å². The topological polar surface area (TPSA) is 42.0 Å². The van der Waals surface area contributed by atoms with Gasteiger partial charge in [0.15, 0.2) is 0 Å². The summed E-state index contributed by atoms with van der Waals surface area (Å²) in [6.07, 6.45) is 0.281. The number of hydrogen-bond acceptors (Lipinski definition) is 3. The predicted molar refractivity (Wildman–Crippen MR) is 109 cm³/mol. The minimum atomic E-state index is -0.0468. The molecule has 1 aromatic heterocycles. The van der Waals surface area contributed by atoms with Gasteiger partial charge >= 0.3 is 0 Å². The van der Waals surface area contributed by atoms with Gasteiger partial charge in [-0.2, -0.15) is 0 Å². The van der Waals surface area contributed by atoms with Crippen molar-refractivity contribution >= 4 is 33.7 Å². The summed E-state index contributed by atoms with van der Waals surface area (Å²) in [6.45, 7) is 2.01. The Morgan fingerprint density at radius 1 is 1.04 bits per heavy atom. The highest BCUT2D eigenvalue weighted by Crippen LogP contribution is 2.29. The molecule has 3 aromatic carbocycles. The normalized spacial score (nSPS) is 10.8. The molecule has 4 rings (SSSR count). The number of aromatic nitrogens is 1. The molecule has 26 heavy (non-hydrogen) atoms. The summed E-state index contributed by atoms with van der Waals surface area (Å²) in [5.74, 6) is -0.0468. The first-order valence-corrected chi connectivity index (χ1v) is 9.36. The van der Waals surface area contributed by atoms with Crippen molar-refractivity contribution in [1.82, 2.24) is 4.98 Å². The number of nitrogens with one attached hydrogen (secondary N) is 1. The Labute approximate surface area is 156 Å². The van der Waals surface area contributed by atoms with Crippen molar-refractivity contribution in [2.45, 2.75) is 13.3 Å². The van der Waals surface area contributed by atoms with E-state index in [1.165, 1.54) is 22.1 Å². The molecular formula is C22H18N2OS. The average molecular weight is 358 g/mol. The number of rotatable bonds is 4. The number of anilines is 1. The fourth-order valence-corrected chi connectivity index (χ4v) is 3.82. The molecule has 1 amide bonds. The van der Waals surface area contributed by atoms with Crippen molar-refractivity contribution in [3.05, 3.63) is 82.7 Å². The third kappa shape index (κ3) is 3.51. The Kier molecular flexibility index (Phi) is 4.50. The van der Waals surface area contributed by atoms with Gasteiger partial charge in [-0.1, -0.05) is 54.6 Å². The van der Waals surface area contributed by atoms with Gasteiger partial charge in [-0.05, 0) is 35.4 Å². The highest BCUT2D eigenvalue weighted by molar-refractivity contribution is 7.10. The Morgan fingerprint density at radius 2 is 1.85 bits per heavy atom. The van der Waals surface area contributed by atoms with Crippen LogP contribution >= 0.6 is 11.3 Å². The van der Waals surface area contributed by atoms with Crippen LogP contribution < -0.4 is 5.32 Å². The number of nitrogens with zero attached hydrogens (tertiary/aromatic N) is 1. The molecule has 4 aromatic rings. The summed E-state index contributed by atoms with van der Waals surface area (Å²) in [5.41, 5.74) is 3.96. The second-order valence-electron chi connectivity index (χ2n) is 6.25. The summed E-state index contributed by atoms with van der Waals surface area (Å²) < 4.78 is 0. The van der Waals surface area contributed by atoms with E-state index in [0.717, 1.165) is 27.5 Å². The standard InChI is InChI=1S/C22H18N2OS/c1-15-6-4-9-17(12-15)23-21(25)13-22-24-20(14-26-22)19-11-5-8-16-7-2-3-10-18(16)19/h2-12,14H,13H2,1H3,(H,23,25). The van der Waals surface area contributed by atoms with Crippen LogP contribution in [0.15, 0.2) is 72.1 Å². The van der Waals surface area contributed by atoms with Crippen molar-refractivity contribution in [2.75, 3.05) is 5.32 Å². The molecule has 0 atom stereocenters. The maximum absolute atomic E-state index is 12.3. The minimum absolute atomic E-state index is 0.0468. The zero-order valence-electron chi connectivity index (χ0n) is 14.4. The Balaban J connectivity index is 1.53. The maximum Gasteiger partial charge on any atom is 0.231 e. The molecule has 0 bridgehead atoms. The van der Waals surface area contributed by atoms with Crippen molar-refractivity contribution in [3.8, 4) is 11.3 Å². The monoisotopic (exact) mass is 358 g/mol. The van der Waals surface area contributed by atoms with Crippen LogP contribution in [-0.2, 0) is 11.2 Å². The van der Waals surface area contributed by atoms with Gasteiger partial charge in [-0.3, -0.25) is 4.79 Å². The molecular weight excluding hydrogens is 340 g/mol. The van der Waals surface area contributed by atoms with Gasteiger partial charge in [0, 0.05) is 16.6 Å². The number of carbonyl (C=O) groups excluding carboxylic acids is 1. The lowest BCUT2D eigenvalue weighted by molar-refractivity contribution is -0.115. The number of benzene rings is 3. The molecule has 0 saturated heterocycles. The largest absolute Gasteiger partial charge is 0.326 e. The lowest BCUT2D eigenvalue weighted by Crippen LogP contribution is -2.14. The molecule has 0 spiro atoms. The van der Waals surface area contributed by atoms with Crippen molar-refractivity contribution < 1.29 is 4.79 Å². The van der Waals surface area contributed by atoms with Gasteiger partial charge in [0.1, 0.15) is 5.01 Å². The lowest BCUT2D eigenvalue weighted by atomic mass is 10.0. The zero-order valence-corrected chi connectivity index (χ0v) is 15.2. The molecule has 0 radical (unpaired) electrons. The van der Waals surface area contributed by atoms with E-state index < -0.39 is 0 Å². The van der Waals surface area contributed by atoms with Crippen LogP contribution in [0.1, 0.15) is 10.6 Å². The van der Waals surface area contributed by atoms with Crippen molar-refractivity contribution in [3.63, 3.8) is 0 Å². The molecule has 0 aliphatic carbocycles. The fourth-order valence-electron chi connectivity index (χ4n) is 3.03. The maximum atomic E-state index is 12.3.